The zero-order valence-corrected chi connectivity index (χ0v) is 13.4. The smallest absolute Gasteiger partial charge is 0.247 e. The van der Waals surface area contributed by atoms with Gasteiger partial charge in [0.25, 0.3) is 0 Å². The number of hydrogen-bond acceptors (Lipinski definition) is 3. The Kier molecular flexibility index (Phi) is 4.47. The van der Waals surface area contributed by atoms with Crippen LogP contribution in [0, 0.1) is 11.3 Å². The van der Waals surface area contributed by atoms with Crippen LogP contribution in [0.4, 0.5) is 13.2 Å². The minimum absolute atomic E-state index is 0.187. The van der Waals surface area contributed by atoms with E-state index in [2.05, 4.69) is 15.4 Å². The van der Waals surface area contributed by atoms with Gasteiger partial charge in [0, 0.05) is 10.6 Å². The van der Waals surface area contributed by atoms with Gasteiger partial charge in [-0.3, -0.25) is 0 Å². The molecule has 0 fully saturated rings. The number of nitriles is 1. The number of nitrogens with one attached hydrogen (secondary N) is 1. The van der Waals surface area contributed by atoms with Gasteiger partial charge in [0.15, 0.2) is 5.69 Å². The highest BCUT2D eigenvalue weighted by molar-refractivity contribution is 6.31. The molecule has 0 aliphatic carbocycles. The van der Waals surface area contributed by atoms with Gasteiger partial charge in [0.2, 0.25) is 0 Å². The van der Waals surface area contributed by atoms with Crippen LogP contribution in [0.25, 0.3) is 11.3 Å². The lowest BCUT2D eigenvalue weighted by Gasteiger charge is -2.10. The molecule has 3 aromatic rings. The molecule has 3 rings (SSSR count). The number of H-pyrrole nitrogens is 1. The number of hydrogen-bond donors (Lipinski definition) is 1. The number of benzene rings is 2. The van der Waals surface area contributed by atoms with Crippen LogP contribution in [-0.2, 0) is 12.6 Å². The molecule has 1 heterocycles. The maximum absolute atomic E-state index is 12.8. The molecule has 0 aliphatic heterocycles. The van der Waals surface area contributed by atoms with Crippen molar-refractivity contribution in [3.63, 3.8) is 0 Å². The summed E-state index contributed by atoms with van der Waals surface area (Å²) in [6.45, 7) is 0. The van der Waals surface area contributed by atoms with E-state index in [4.69, 9.17) is 16.9 Å². The molecule has 0 spiro atoms. The van der Waals surface area contributed by atoms with Crippen LogP contribution in [0.3, 0.4) is 0 Å². The zero-order chi connectivity index (χ0) is 18.0. The van der Waals surface area contributed by atoms with Gasteiger partial charge in [0.05, 0.1) is 5.56 Å². The average molecular weight is 363 g/mol. The van der Waals surface area contributed by atoms with Gasteiger partial charge in [-0.1, -0.05) is 35.0 Å². The largest absolute Gasteiger partial charge is 0.416 e. The maximum Gasteiger partial charge on any atom is 0.416 e. The molecule has 2 aromatic carbocycles. The Morgan fingerprint density at radius 2 is 1.92 bits per heavy atom. The summed E-state index contributed by atoms with van der Waals surface area (Å²) in [5.41, 5.74) is 1.61. The number of halogens is 4. The summed E-state index contributed by atoms with van der Waals surface area (Å²) in [5, 5.41) is 19.4. The Morgan fingerprint density at radius 1 is 1.12 bits per heavy atom. The van der Waals surface area contributed by atoms with Crippen LogP contribution in [0.15, 0.2) is 42.5 Å². The van der Waals surface area contributed by atoms with Crippen LogP contribution < -0.4 is 0 Å². The number of aromatic nitrogens is 3. The highest BCUT2D eigenvalue weighted by Crippen LogP contribution is 2.31. The van der Waals surface area contributed by atoms with Crippen molar-refractivity contribution in [2.45, 2.75) is 12.6 Å². The SMILES string of the molecule is N#Cc1[nH]nnc1-c1cc(Cl)cc(Cc2cccc(C(F)(F)F)c2)c1. The minimum Gasteiger partial charge on any atom is -0.247 e. The third kappa shape index (κ3) is 3.80. The highest BCUT2D eigenvalue weighted by Gasteiger charge is 2.30. The van der Waals surface area contributed by atoms with Crippen molar-refractivity contribution in [2.24, 2.45) is 0 Å². The van der Waals surface area contributed by atoms with Crippen LogP contribution in [-0.4, -0.2) is 15.4 Å². The number of rotatable bonds is 3. The molecule has 25 heavy (non-hydrogen) atoms. The van der Waals surface area contributed by atoms with E-state index in [1.807, 2.05) is 6.07 Å². The Labute approximate surface area is 145 Å². The van der Waals surface area contributed by atoms with E-state index in [9.17, 15) is 13.2 Å². The highest BCUT2D eigenvalue weighted by atomic mass is 35.5. The molecule has 4 nitrogen and oxygen atoms in total. The molecule has 8 heteroatoms. The molecule has 1 N–H and O–H groups in total. The maximum atomic E-state index is 12.8. The fourth-order valence-corrected chi connectivity index (χ4v) is 2.75. The van der Waals surface area contributed by atoms with Gasteiger partial charge in [-0.15, -0.1) is 5.10 Å². The summed E-state index contributed by atoms with van der Waals surface area (Å²) < 4.78 is 38.5. The topological polar surface area (TPSA) is 65.4 Å². The van der Waals surface area contributed by atoms with Crippen molar-refractivity contribution in [3.8, 4) is 17.3 Å². The predicted molar refractivity (Wildman–Crippen MR) is 85.8 cm³/mol. The lowest BCUT2D eigenvalue weighted by molar-refractivity contribution is -0.137. The summed E-state index contributed by atoms with van der Waals surface area (Å²) in [5.74, 6) is 0. The van der Waals surface area contributed by atoms with Gasteiger partial charge in [0.1, 0.15) is 11.8 Å². The van der Waals surface area contributed by atoms with E-state index in [-0.39, 0.29) is 12.1 Å². The average Bonchev–Trinajstić information content (AvgIpc) is 3.02. The fraction of sp³-hybridized carbons (Fsp3) is 0.118. The van der Waals surface area contributed by atoms with Crippen molar-refractivity contribution in [3.05, 3.63) is 69.9 Å². The fourth-order valence-electron chi connectivity index (χ4n) is 2.49. The van der Waals surface area contributed by atoms with Gasteiger partial charge in [-0.25, -0.2) is 5.10 Å². The first-order chi connectivity index (χ1) is 11.9. The predicted octanol–water partition coefficient (Wildman–Crippen LogP) is 4.61. The molecule has 0 amide bonds. The molecule has 0 atom stereocenters. The molecule has 0 saturated heterocycles. The molecular formula is C17H10ClF3N4. The van der Waals surface area contributed by atoms with Crippen molar-refractivity contribution < 1.29 is 13.2 Å². The van der Waals surface area contributed by atoms with Crippen LogP contribution in [0.5, 0.6) is 0 Å². The van der Waals surface area contributed by atoms with E-state index >= 15 is 0 Å². The first-order valence-corrected chi connectivity index (χ1v) is 7.52. The van der Waals surface area contributed by atoms with E-state index in [1.54, 1.807) is 24.3 Å². The van der Waals surface area contributed by atoms with E-state index in [1.165, 1.54) is 6.07 Å². The summed E-state index contributed by atoms with van der Waals surface area (Å²) in [4.78, 5) is 0. The quantitative estimate of drug-likeness (QED) is 0.740. The van der Waals surface area contributed by atoms with Crippen molar-refractivity contribution in [1.82, 2.24) is 15.4 Å². The molecule has 126 valence electrons. The second kappa shape index (κ2) is 6.57. The molecule has 0 saturated carbocycles. The molecule has 0 aliphatic rings. The van der Waals surface area contributed by atoms with Crippen molar-refractivity contribution in [1.29, 1.82) is 5.26 Å². The van der Waals surface area contributed by atoms with Gasteiger partial charge in [-0.05, 0) is 41.8 Å². The minimum atomic E-state index is -4.39. The van der Waals surface area contributed by atoms with E-state index in [0.717, 1.165) is 12.1 Å². The van der Waals surface area contributed by atoms with Crippen molar-refractivity contribution in [2.75, 3.05) is 0 Å². The monoisotopic (exact) mass is 362 g/mol. The summed E-state index contributed by atoms with van der Waals surface area (Å²) in [6, 6.07) is 12.1. The van der Waals surface area contributed by atoms with Gasteiger partial charge >= 0.3 is 6.18 Å². The van der Waals surface area contributed by atoms with E-state index < -0.39 is 11.7 Å². The molecule has 0 radical (unpaired) electrons. The normalized spacial score (nSPS) is 11.3. The van der Waals surface area contributed by atoms with Crippen LogP contribution in [0.2, 0.25) is 5.02 Å². The Morgan fingerprint density at radius 3 is 2.64 bits per heavy atom. The number of aromatic amines is 1. The lowest BCUT2D eigenvalue weighted by atomic mass is 9.99. The Balaban J connectivity index is 1.96. The van der Waals surface area contributed by atoms with Crippen LogP contribution in [0.1, 0.15) is 22.4 Å². The summed E-state index contributed by atoms with van der Waals surface area (Å²) >= 11 is 6.11. The van der Waals surface area contributed by atoms with Crippen molar-refractivity contribution >= 4 is 11.6 Å². The number of alkyl halides is 3. The zero-order valence-electron chi connectivity index (χ0n) is 12.6. The lowest BCUT2D eigenvalue weighted by Crippen LogP contribution is -2.05. The molecule has 0 bridgehead atoms. The third-order valence-electron chi connectivity index (χ3n) is 3.55. The van der Waals surface area contributed by atoms with Gasteiger partial charge < -0.3 is 0 Å². The molecule has 0 unspecified atom stereocenters. The second-order valence-electron chi connectivity index (χ2n) is 5.37. The summed E-state index contributed by atoms with van der Waals surface area (Å²) in [6.07, 6.45) is -4.13. The van der Waals surface area contributed by atoms with Crippen LogP contribution >= 0.6 is 11.6 Å². The Hall–Kier alpha value is -2.85. The van der Waals surface area contributed by atoms with E-state index in [0.29, 0.717) is 27.4 Å². The third-order valence-corrected chi connectivity index (χ3v) is 3.77. The van der Waals surface area contributed by atoms with Gasteiger partial charge in [-0.2, -0.15) is 18.4 Å². The second-order valence-corrected chi connectivity index (χ2v) is 5.81. The standard InChI is InChI=1S/C17H10ClF3N4/c18-14-7-11(4-10-2-1-3-13(6-10)17(19,20)21)5-12(8-14)16-15(9-22)23-25-24-16/h1-3,5-8H,4H2,(H,23,24,25). The summed E-state index contributed by atoms with van der Waals surface area (Å²) in [7, 11) is 0. The first kappa shape index (κ1) is 17.0. The number of nitrogens with zero attached hydrogens (tertiary/aromatic N) is 3. The first-order valence-electron chi connectivity index (χ1n) is 7.14. The molecule has 1 aromatic heterocycles. The Bertz CT molecular complexity index is 957. The molecular weight excluding hydrogens is 353 g/mol.